The van der Waals surface area contributed by atoms with Gasteiger partial charge in [-0.1, -0.05) is 13.8 Å². The highest BCUT2D eigenvalue weighted by atomic mass is 16.5. The van der Waals surface area contributed by atoms with Crippen LogP contribution >= 0.6 is 0 Å². The van der Waals surface area contributed by atoms with Gasteiger partial charge in [-0.05, 0) is 24.3 Å². The molecule has 0 unspecified atom stereocenters. The van der Waals surface area contributed by atoms with E-state index in [2.05, 4.69) is 0 Å². The fourth-order valence-corrected chi connectivity index (χ4v) is 2.20. The average molecular weight is 360 g/mol. The molecular formula is C20H24O6. The normalized spacial score (nSPS) is 9.69. The molecule has 0 aliphatic heterocycles. The number of phenols is 2. The second kappa shape index (κ2) is 10.1. The van der Waals surface area contributed by atoms with Gasteiger partial charge in [-0.3, -0.25) is 9.59 Å². The third-order valence-corrected chi connectivity index (χ3v) is 3.61. The first-order valence-electron chi connectivity index (χ1n) is 8.18. The Morgan fingerprint density at radius 3 is 1.38 bits per heavy atom. The van der Waals surface area contributed by atoms with Crippen LogP contribution in [0.4, 0.5) is 0 Å². The molecular weight excluding hydrogens is 336 g/mol. The summed E-state index contributed by atoms with van der Waals surface area (Å²) in [6.07, 6.45) is 0.863. The monoisotopic (exact) mass is 360 g/mol. The van der Waals surface area contributed by atoms with Crippen LogP contribution in [0.5, 0.6) is 23.0 Å². The lowest BCUT2D eigenvalue weighted by Crippen LogP contribution is -1.99. The zero-order valence-corrected chi connectivity index (χ0v) is 15.4. The molecule has 0 bridgehead atoms. The molecule has 0 heterocycles. The minimum Gasteiger partial charge on any atom is -0.508 e. The number of ketones is 2. The first-order valence-corrected chi connectivity index (χ1v) is 8.18. The molecule has 2 aromatic carbocycles. The Kier molecular flexibility index (Phi) is 8.15. The lowest BCUT2D eigenvalue weighted by molar-refractivity contribution is 0.0977. The number of carbonyl (C=O) groups excluding carboxylic acids is 2. The largest absolute Gasteiger partial charge is 0.508 e. The summed E-state index contributed by atoms with van der Waals surface area (Å²) in [4.78, 5) is 22.7. The summed E-state index contributed by atoms with van der Waals surface area (Å²) in [5, 5.41) is 18.3. The van der Waals surface area contributed by atoms with E-state index in [9.17, 15) is 9.59 Å². The van der Waals surface area contributed by atoms with E-state index in [1.807, 2.05) is 0 Å². The highest BCUT2D eigenvalue weighted by Gasteiger charge is 2.11. The number of aromatic hydroxyl groups is 2. The SMILES string of the molecule is CCC(=O)c1ccc(O)cc1OC.CCC(=O)c1ccc(O)cc1OC. The Labute approximate surface area is 153 Å². The number of ether oxygens (including phenoxy) is 2. The van der Waals surface area contributed by atoms with E-state index in [-0.39, 0.29) is 23.1 Å². The number of rotatable bonds is 6. The zero-order chi connectivity index (χ0) is 19.7. The molecule has 0 atom stereocenters. The molecule has 0 aliphatic carbocycles. The number of carbonyl (C=O) groups is 2. The lowest BCUT2D eigenvalue weighted by Gasteiger charge is -2.06. The van der Waals surface area contributed by atoms with Crippen LogP contribution < -0.4 is 9.47 Å². The highest BCUT2D eigenvalue weighted by Crippen LogP contribution is 2.25. The van der Waals surface area contributed by atoms with Gasteiger partial charge in [0.2, 0.25) is 0 Å². The highest BCUT2D eigenvalue weighted by molar-refractivity contribution is 5.99. The van der Waals surface area contributed by atoms with Gasteiger partial charge in [0.25, 0.3) is 0 Å². The maximum absolute atomic E-state index is 11.3. The van der Waals surface area contributed by atoms with Gasteiger partial charge in [-0.15, -0.1) is 0 Å². The molecule has 0 aromatic heterocycles. The molecule has 2 aromatic rings. The lowest BCUT2D eigenvalue weighted by atomic mass is 10.1. The van der Waals surface area contributed by atoms with Gasteiger partial charge in [0.1, 0.15) is 23.0 Å². The van der Waals surface area contributed by atoms with Crippen molar-refractivity contribution < 1.29 is 29.3 Å². The van der Waals surface area contributed by atoms with E-state index in [1.54, 1.807) is 26.0 Å². The molecule has 6 nitrogen and oxygen atoms in total. The van der Waals surface area contributed by atoms with E-state index in [0.717, 1.165) is 0 Å². The molecule has 0 radical (unpaired) electrons. The molecule has 0 saturated heterocycles. The van der Waals surface area contributed by atoms with E-state index in [4.69, 9.17) is 19.7 Å². The van der Waals surface area contributed by atoms with Gasteiger partial charge in [0.15, 0.2) is 11.6 Å². The fraction of sp³-hybridized carbons (Fsp3) is 0.300. The summed E-state index contributed by atoms with van der Waals surface area (Å²) in [6.45, 7) is 3.57. The van der Waals surface area contributed by atoms with Gasteiger partial charge in [0, 0.05) is 25.0 Å². The molecule has 0 amide bonds. The number of Topliss-reactive ketones (excluding diaryl/α,β-unsaturated/α-hetero) is 2. The van der Waals surface area contributed by atoms with Crippen LogP contribution in [0.2, 0.25) is 0 Å². The number of hydrogen-bond acceptors (Lipinski definition) is 6. The standard InChI is InChI=1S/2C10H12O3/c2*1-3-9(12)8-5-4-7(11)6-10(8)13-2/h2*4-6,11H,3H2,1-2H3. The second-order valence-electron chi connectivity index (χ2n) is 5.32. The molecule has 26 heavy (non-hydrogen) atoms. The topological polar surface area (TPSA) is 93.1 Å². The number of methoxy groups -OCH3 is 2. The van der Waals surface area contributed by atoms with E-state index in [1.165, 1.54) is 38.5 Å². The van der Waals surface area contributed by atoms with Crippen molar-refractivity contribution in [1.82, 2.24) is 0 Å². The zero-order valence-electron chi connectivity index (χ0n) is 15.4. The van der Waals surface area contributed by atoms with Crippen LogP contribution in [0, 0.1) is 0 Å². The van der Waals surface area contributed by atoms with Crippen LogP contribution in [0.1, 0.15) is 47.4 Å². The molecule has 0 spiro atoms. The summed E-state index contributed by atoms with van der Waals surface area (Å²) in [7, 11) is 2.95. The summed E-state index contributed by atoms with van der Waals surface area (Å²) in [5.74, 6) is 1.07. The van der Waals surface area contributed by atoms with Crippen molar-refractivity contribution in [2.24, 2.45) is 0 Å². The molecule has 0 saturated carbocycles. The minimum atomic E-state index is 0.0110. The van der Waals surface area contributed by atoms with Crippen molar-refractivity contribution >= 4 is 11.6 Å². The number of hydrogen-bond donors (Lipinski definition) is 2. The Balaban J connectivity index is 0.000000260. The summed E-state index contributed by atoms with van der Waals surface area (Å²) < 4.78 is 9.94. The van der Waals surface area contributed by atoms with Crippen molar-refractivity contribution in [3.05, 3.63) is 47.5 Å². The maximum Gasteiger partial charge on any atom is 0.166 e. The summed E-state index contributed by atoms with van der Waals surface area (Å²) >= 11 is 0. The van der Waals surface area contributed by atoms with E-state index < -0.39 is 0 Å². The fourth-order valence-electron chi connectivity index (χ4n) is 2.20. The first-order chi connectivity index (χ1) is 12.4. The van der Waals surface area contributed by atoms with Crippen molar-refractivity contribution in [2.75, 3.05) is 14.2 Å². The van der Waals surface area contributed by atoms with Crippen molar-refractivity contribution in [3.8, 4) is 23.0 Å². The Morgan fingerprint density at radius 1 is 0.769 bits per heavy atom. The average Bonchev–Trinajstić information content (AvgIpc) is 2.66. The summed E-state index contributed by atoms with van der Waals surface area (Å²) in [5.41, 5.74) is 1.03. The van der Waals surface area contributed by atoms with Gasteiger partial charge in [0.05, 0.1) is 25.3 Å². The number of benzene rings is 2. The van der Waals surface area contributed by atoms with E-state index in [0.29, 0.717) is 35.5 Å². The third kappa shape index (κ3) is 5.51. The molecule has 0 aliphatic rings. The molecule has 2 N–H and O–H groups in total. The maximum atomic E-state index is 11.3. The number of phenolic OH excluding ortho intramolecular Hbond substituents is 2. The minimum absolute atomic E-state index is 0.0110. The first kappa shape index (κ1) is 21.0. The molecule has 6 heteroatoms. The molecule has 2 rings (SSSR count). The van der Waals surface area contributed by atoms with E-state index >= 15 is 0 Å². The Hall–Kier alpha value is -3.02. The Bertz CT molecular complexity index is 701. The van der Waals surface area contributed by atoms with Crippen LogP contribution in [-0.4, -0.2) is 36.0 Å². The smallest absolute Gasteiger partial charge is 0.166 e. The Morgan fingerprint density at radius 2 is 1.12 bits per heavy atom. The van der Waals surface area contributed by atoms with Gasteiger partial charge < -0.3 is 19.7 Å². The summed E-state index contributed by atoms with van der Waals surface area (Å²) in [6, 6.07) is 8.96. The molecule has 140 valence electrons. The quantitative estimate of drug-likeness (QED) is 0.757. The van der Waals surface area contributed by atoms with Gasteiger partial charge in [-0.2, -0.15) is 0 Å². The van der Waals surface area contributed by atoms with Crippen molar-refractivity contribution in [2.45, 2.75) is 26.7 Å². The van der Waals surface area contributed by atoms with Gasteiger partial charge in [-0.25, -0.2) is 0 Å². The van der Waals surface area contributed by atoms with Crippen LogP contribution in [-0.2, 0) is 0 Å². The predicted octanol–water partition coefficient (Wildman–Crippen LogP) is 3.99. The van der Waals surface area contributed by atoms with Crippen molar-refractivity contribution in [3.63, 3.8) is 0 Å². The third-order valence-electron chi connectivity index (χ3n) is 3.61. The van der Waals surface area contributed by atoms with Crippen LogP contribution in [0.3, 0.4) is 0 Å². The molecule has 0 fully saturated rings. The second-order valence-corrected chi connectivity index (χ2v) is 5.32. The van der Waals surface area contributed by atoms with Gasteiger partial charge >= 0.3 is 0 Å². The van der Waals surface area contributed by atoms with Crippen LogP contribution in [0.15, 0.2) is 36.4 Å². The van der Waals surface area contributed by atoms with Crippen LogP contribution in [0.25, 0.3) is 0 Å². The van der Waals surface area contributed by atoms with Crippen molar-refractivity contribution in [1.29, 1.82) is 0 Å². The predicted molar refractivity (Wildman–Crippen MR) is 98.6 cm³/mol.